The Labute approximate surface area is 128 Å². The zero-order valence-corrected chi connectivity index (χ0v) is 14.1. The van der Waals surface area contributed by atoms with Crippen molar-refractivity contribution in [2.45, 2.75) is 40.5 Å². The van der Waals surface area contributed by atoms with Gasteiger partial charge in [-0.15, -0.1) is 0 Å². The van der Waals surface area contributed by atoms with E-state index >= 15 is 0 Å². The van der Waals surface area contributed by atoms with Crippen LogP contribution in [0.2, 0.25) is 0 Å². The smallest absolute Gasteiger partial charge is 0.550 e. The van der Waals surface area contributed by atoms with Crippen molar-refractivity contribution in [1.82, 2.24) is 4.90 Å². The standard InChI is InChI=1S/C6H15N.C4H8O.C2H4O2.Na/c1-4-7(5-2)6-3;1-2-4-5-3-1;1-2(3)4;/h4-6H2,1-3H3;1-4H2;1H3,(H,3,4);/q;;;+1/p-1. The SMILES string of the molecule is C1CCOC1.CC(=O)[O-].CCN(CC)CC.[Na+]. The Bertz CT molecular complexity index is 132. The summed E-state index contributed by atoms with van der Waals surface area (Å²) in [6.07, 6.45) is 2.56. The van der Waals surface area contributed by atoms with Gasteiger partial charge in [0.2, 0.25) is 0 Å². The summed E-state index contributed by atoms with van der Waals surface area (Å²) in [5.41, 5.74) is 0. The maximum absolute atomic E-state index is 8.89. The van der Waals surface area contributed by atoms with Gasteiger partial charge in [0.05, 0.1) is 0 Å². The molecule has 1 fully saturated rings. The van der Waals surface area contributed by atoms with E-state index in [2.05, 4.69) is 25.7 Å². The summed E-state index contributed by atoms with van der Waals surface area (Å²) >= 11 is 0. The van der Waals surface area contributed by atoms with E-state index in [0.29, 0.717) is 0 Å². The van der Waals surface area contributed by atoms with Crippen molar-refractivity contribution in [2.75, 3.05) is 32.8 Å². The van der Waals surface area contributed by atoms with Crippen molar-refractivity contribution in [1.29, 1.82) is 0 Å². The molecule has 0 bridgehead atoms. The number of rotatable bonds is 3. The molecular formula is C12H26NNaO3. The molecule has 0 amide bonds. The van der Waals surface area contributed by atoms with Crippen LogP contribution >= 0.6 is 0 Å². The molecule has 0 saturated carbocycles. The van der Waals surface area contributed by atoms with Gasteiger partial charge >= 0.3 is 29.6 Å². The molecule has 0 spiro atoms. The Balaban J connectivity index is -0.000000175. The number of ether oxygens (including phenoxy) is 1. The number of carbonyl (C=O) groups excluding carboxylic acids is 1. The van der Waals surface area contributed by atoms with Gasteiger partial charge in [0.15, 0.2) is 0 Å². The molecule has 0 radical (unpaired) electrons. The van der Waals surface area contributed by atoms with E-state index < -0.39 is 5.97 Å². The second-order valence-corrected chi connectivity index (χ2v) is 3.43. The summed E-state index contributed by atoms with van der Waals surface area (Å²) < 4.78 is 4.94. The minimum Gasteiger partial charge on any atom is -0.550 e. The zero-order valence-electron chi connectivity index (χ0n) is 12.1. The van der Waals surface area contributed by atoms with Crippen LogP contribution in [0.1, 0.15) is 40.5 Å². The van der Waals surface area contributed by atoms with Gasteiger partial charge in [0.1, 0.15) is 0 Å². The molecule has 0 aromatic carbocycles. The number of hydrogen-bond donors (Lipinski definition) is 0. The summed E-state index contributed by atoms with van der Waals surface area (Å²) in [6.45, 7) is 13.1. The quantitative estimate of drug-likeness (QED) is 0.542. The number of carboxylic acids is 1. The Morgan fingerprint density at radius 1 is 1.12 bits per heavy atom. The van der Waals surface area contributed by atoms with Crippen LogP contribution in [-0.4, -0.2) is 43.7 Å². The third kappa shape index (κ3) is 26.2. The van der Waals surface area contributed by atoms with Crippen LogP contribution in [0.5, 0.6) is 0 Å². The first-order chi connectivity index (χ1) is 7.58. The predicted octanol–water partition coefficient (Wildman–Crippen LogP) is -2.09. The van der Waals surface area contributed by atoms with Gasteiger partial charge < -0.3 is 19.5 Å². The molecular weight excluding hydrogens is 229 g/mol. The number of carbonyl (C=O) groups is 1. The average Bonchev–Trinajstić information content (AvgIpc) is 2.77. The minimum atomic E-state index is -1.08. The fraction of sp³-hybridized carbons (Fsp3) is 0.917. The van der Waals surface area contributed by atoms with E-state index in [4.69, 9.17) is 14.6 Å². The Morgan fingerprint density at radius 3 is 1.47 bits per heavy atom. The van der Waals surface area contributed by atoms with Gasteiger partial charge in [-0.2, -0.15) is 0 Å². The Kier molecular flexibility index (Phi) is 24.9. The third-order valence-corrected chi connectivity index (χ3v) is 2.17. The van der Waals surface area contributed by atoms with Crippen LogP contribution in [-0.2, 0) is 9.53 Å². The van der Waals surface area contributed by atoms with Gasteiger partial charge in [0.25, 0.3) is 0 Å². The predicted molar refractivity (Wildman–Crippen MR) is 64.2 cm³/mol. The summed E-state index contributed by atoms with van der Waals surface area (Å²) in [7, 11) is 0. The van der Waals surface area contributed by atoms with Crippen molar-refractivity contribution in [2.24, 2.45) is 0 Å². The van der Waals surface area contributed by atoms with Crippen LogP contribution in [0.15, 0.2) is 0 Å². The van der Waals surface area contributed by atoms with Crippen molar-refractivity contribution >= 4 is 5.97 Å². The van der Waals surface area contributed by atoms with Crippen LogP contribution in [0, 0.1) is 0 Å². The molecule has 0 atom stereocenters. The number of nitrogens with zero attached hydrogens (tertiary/aromatic N) is 1. The molecule has 17 heavy (non-hydrogen) atoms. The third-order valence-electron chi connectivity index (χ3n) is 2.17. The molecule has 1 heterocycles. The maximum atomic E-state index is 8.89. The van der Waals surface area contributed by atoms with Gasteiger partial charge in [-0.3, -0.25) is 0 Å². The maximum Gasteiger partial charge on any atom is 1.00 e. The molecule has 0 aromatic heterocycles. The van der Waals surface area contributed by atoms with Gasteiger partial charge in [-0.1, -0.05) is 20.8 Å². The van der Waals surface area contributed by atoms with E-state index in [1.165, 1.54) is 32.5 Å². The minimum absolute atomic E-state index is 0. The molecule has 0 aliphatic carbocycles. The largest absolute Gasteiger partial charge is 1.00 e. The van der Waals surface area contributed by atoms with Gasteiger partial charge in [-0.05, 0) is 39.4 Å². The summed E-state index contributed by atoms with van der Waals surface area (Å²) in [5, 5.41) is 8.89. The van der Waals surface area contributed by atoms with E-state index in [0.717, 1.165) is 20.1 Å². The van der Waals surface area contributed by atoms with E-state index in [1.807, 2.05) is 0 Å². The number of aliphatic carboxylic acids is 1. The molecule has 1 rings (SSSR count). The van der Waals surface area contributed by atoms with Crippen LogP contribution in [0.4, 0.5) is 0 Å². The topological polar surface area (TPSA) is 52.6 Å². The van der Waals surface area contributed by atoms with Crippen molar-refractivity contribution in [3.8, 4) is 0 Å². The van der Waals surface area contributed by atoms with E-state index in [9.17, 15) is 0 Å². The van der Waals surface area contributed by atoms with Crippen LogP contribution in [0.3, 0.4) is 0 Å². The van der Waals surface area contributed by atoms with Crippen LogP contribution < -0.4 is 34.7 Å². The fourth-order valence-electron chi connectivity index (χ4n) is 1.18. The molecule has 0 aromatic rings. The van der Waals surface area contributed by atoms with E-state index in [1.54, 1.807) is 0 Å². The van der Waals surface area contributed by atoms with Gasteiger partial charge in [0, 0.05) is 19.2 Å². The monoisotopic (exact) mass is 255 g/mol. The van der Waals surface area contributed by atoms with Crippen molar-refractivity contribution in [3.05, 3.63) is 0 Å². The van der Waals surface area contributed by atoms with E-state index in [-0.39, 0.29) is 29.6 Å². The second kappa shape index (κ2) is 18.7. The fourth-order valence-corrected chi connectivity index (χ4v) is 1.18. The molecule has 98 valence electrons. The van der Waals surface area contributed by atoms with Crippen molar-refractivity contribution in [3.63, 3.8) is 0 Å². The zero-order chi connectivity index (χ0) is 12.8. The molecule has 5 heteroatoms. The second-order valence-electron chi connectivity index (χ2n) is 3.43. The first-order valence-electron chi connectivity index (χ1n) is 6.06. The summed E-state index contributed by atoms with van der Waals surface area (Å²) in [4.78, 5) is 11.3. The van der Waals surface area contributed by atoms with Gasteiger partial charge in [-0.25, -0.2) is 0 Å². The van der Waals surface area contributed by atoms with Crippen molar-refractivity contribution < 1.29 is 44.2 Å². The molecule has 1 aliphatic heterocycles. The Morgan fingerprint density at radius 2 is 1.41 bits per heavy atom. The summed E-state index contributed by atoms with van der Waals surface area (Å²) in [6, 6.07) is 0. The molecule has 0 N–H and O–H groups in total. The first kappa shape index (κ1) is 22.6. The average molecular weight is 255 g/mol. The molecule has 0 unspecified atom stereocenters. The molecule has 4 nitrogen and oxygen atoms in total. The number of carboxylic acid groups (broad SMARTS) is 1. The molecule has 1 saturated heterocycles. The molecule has 1 aliphatic rings. The van der Waals surface area contributed by atoms with Crippen LogP contribution in [0.25, 0.3) is 0 Å². The number of hydrogen-bond acceptors (Lipinski definition) is 4. The Hall–Kier alpha value is 0.390. The first-order valence-corrected chi connectivity index (χ1v) is 6.06. The normalized spacial score (nSPS) is 12.8. The summed E-state index contributed by atoms with van der Waals surface area (Å²) in [5.74, 6) is -1.08.